The number of aromatic amines is 1. The molecule has 1 atom stereocenters. The fraction of sp³-hybridized carbons (Fsp3) is 0.526. The number of aromatic nitrogens is 1. The molecule has 0 amide bonds. The Morgan fingerprint density at radius 2 is 2.22 bits per heavy atom. The molecule has 0 radical (unpaired) electrons. The molecule has 0 aromatic carbocycles. The topological polar surface area (TPSA) is 86.8 Å². The second-order valence-electron chi connectivity index (χ2n) is 7.23. The van der Waals surface area contributed by atoms with Crippen LogP contribution < -0.4 is 11.3 Å². The zero-order valence-corrected chi connectivity index (χ0v) is 17.2. The SMILES string of the molecule is C=N/C(=C\N=C(C)Sc1cc[nH]c(=O)c1Cl)N1CCC2(CCC[C@H]2N)CC1. The lowest BCUT2D eigenvalue weighted by Gasteiger charge is -2.42. The van der Waals surface area contributed by atoms with Crippen molar-refractivity contribution >= 4 is 35.1 Å². The number of hydrogen-bond donors (Lipinski definition) is 2. The van der Waals surface area contributed by atoms with Crippen LogP contribution in [0, 0.1) is 5.41 Å². The number of nitrogens with one attached hydrogen (secondary N) is 1. The van der Waals surface area contributed by atoms with Crippen molar-refractivity contribution in [2.45, 2.75) is 50.0 Å². The van der Waals surface area contributed by atoms with Crippen molar-refractivity contribution in [3.8, 4) is 0 Å². The number of thioether (sulfide) groups is 1. The summed E-state index contributed by atoms with van der Waals surface area (Å²) in [6.07, 6.45) is 9.15. The molecule has 1 saturated carbocycles. The zero-order chi connectivity index (χ0) is 19.4. The highest BCUT2D eigenvalue weighted by molar-refractivity contribution is 8.14. The maximum atomic E-state index is 11.6. The van der Waals surface area contributed by atoms with Gasteiger partial charge in [0, 0.05) is 30.2 Å². The predicted octanol–water partition coefficient (Wildman–Crippen LogP) is 3.63. The summed E-state index contributed by atoms with van der Waals surface area (Å²) in [5.41, 5.74) is 6.38. The van der Waals surface area contributed by atoms with Gasteiger partial charge in [-0.2, -0.15) is 0 Å². The third-order valence-electron chi connectivity index (χ3n) is 5.71. The number of hydrogen-bond acceptors (Lipinski definition) is 6. The molecular weight excluding hydrogens is 382 g/mol. The number of piperidine rings is 1. The number of pyridine rings is 1. The molecule has 1 aromatic rings. The van der Waals surface area contributed by atoms with Gasteiger partial charge in [-0.05, 0) is 50.8 Å². The van der Waals surface area contributed by atoms with E-state index in [1.807, 2.05) is 6.92 Å². The first-order chi connectivity index (χ1) is 12.9. The molecular formula is C19H26ClN5OS. The summed E-state index contributed by atoms with van der Waals surface area (Å²) in [4.78, 5) is 25.7. The van der Waals surface area contributed by atoms with Gasteiger partial charge in [0.1, 0.15) is 10.8 Å². The summed E-state index contributed by atoms with van der Waals surface area (Å²) < 4.78 is 0. The minimum atomic E-state index is -0.300. The zero-order valence-electron chi connectivity index (χ0n) is 15.6. The molecule has 0 bridgehead atoms. The van der Waals surface area contributed by atoms with E-state index in [9.17, 15) is 4.79 Å². The summed E-state index contributed by atoms with van der Waals surface area (Å²) >= 11 is 7.39. The number of halogens is 1. The third-order valence-corrected chi connectivity index (χ3v) is 7.15. The van der Waals surface area contributed by atoms with Gasteiger partial charge in [0.15, 0.2) is 0 Å². The Hall–Kier alpha value is -1.57. The maximum Gasteiger partial charge on any atom is 0.267 e. The van der Waals surface area contributed by atoms with E-state index in [1.165, 1.54) is 24.6 Å². The first kappa shape index (κ1) is 20.2. The van der Waals surface area contributed by atoms with E-state index < -0.39 is 0 Å². The van der Waals surface area contributed by atoms with Crippen molar-refractivity contribution in [3.63, 3.8) is 0 Å². The van der Waals surface area contributed by atoms with Gasteiger partial charge in [0.05, 0.1) is 11.2 Å². The summed E-state index contributed by atoms with van der Waals surface area (Å²) in [5, 5.41) is 0.951. The molecule has 0 unspecified atom stereocenters. The van der Waals surface area contributed by atoms with Crippen molar-refractivity contribution in [2.75, 3.05) is 13.1 Å². The normalized spacial score (nSPS) is 23.1. The second kappa shape index (κ2) is 8.63. The number of rotatable bonds is 4. The number of aliphatic imine (C=N–C) groups is 2. The Bertz CT molecular complexity index is 811. The standard InChI is InChI=1S/C19H26ClN5OS/c1-13(27-14-5-9-23-18(26)17(14)20)24-12-16(22-2)25-10-7-19(8-11-25)6-3-4-15(19)21/h5,9,12,15H,2-4,6-8,10-11,21H2,1H3,(H,23,26)/b16-12+,24-13?/t15-/m1/s1. The average Bonchev–Trinajstić information content (AvgIpc) is 3.01. The van der Waals surface area contributed by atoms with Crippen molar-refractivity contribution < 1.29 is 0 Å². The summed E-state index contributed by atoms with van der Waals surface area (Å²) in [5.74, 6) is 0.772. The van der Waals surface area contributed by atoms with E-state index in [0.29, 0.717) is 16.4 Å². The monoisotopic (exact) mass is 407 g/mol. The number of nitrogens with zero attached hydrogens (tertiary/aromatic N) is 3. The van der Waals surface area contributed by atoms with Crippen LogP contribution in [0.4, 0.5) is 0 Å². The van der Waals surface area contributed by atoms with Gasteiger partial charge in [-0.3, -0.25) is 9.79 Å². The van der Waals surface area contributed by atoms with Crippen LogP contribution in [0.3, 0.4) is 0 Å². The Morgan fingerprint density at radius 3 is 2.85 bits per heavy atom. The van der Waals surface area contributed by atoms with Gasteiger partial charge in [-0.1, -0.05) is 29.8 Å². The molecule has 8 heteroatoms. The summed E-state index contributed by atoms with van der Waals surface area (Å²) in [6.45, 7) is 7.44. The largest absolute Gasteiger partial charge is 0.355 e. The number of H-pyrrole nitrogens is 1. The van der Waals surface area contributed by atoms with Crippen molar-refractivity contribution in [1.82, 2.24) is 9.88 Å². The maximum absolute atomic E-state index is 11.6. The van der Waals surface area contributed by atoms with Gasteiger partial charge in [0.2, 0.25) is 0 Å². The second-order valence-corrected chi connectivity index (χ2v) is 8.84. The van der Waals surface area contributed by atoms with Gasteiger partial charge in [-0.25, -0.2) is 4.99 Å². The van der Waals surface area contributed by atoms with Gasteiger partial charge in [-0.15, -0.1) is 0 Å². The molecule has 1 aliphatic carbocycles. The lowest BCUT2D eigenvalue weighted by molar-refractivity contribution is 0.115. The van der Waals surface area contributed by atoms with E-state index in [4.69, 9.17) is 17.3 Å². The van der Waals surface area contributed by atoms with Crippen LogP contribution in [0.25, 0.3) is 0 Å². The Morgan fingerprint density at radius 1 is 1.48 bits per heavy atom. The lowest BCUT2D eigenvalue weighted by Crippen LogP contribution is -2.46. The molecule has 3 rings (SSSR count). The van der Waals surface area contributed by atoms with Crippen LogP contribution in [0.1, 0.15) is 39.0 Å². The number of likely N-dealkylation sites (tertiary alicyclic amines) is 1. The molecule has 2 aliphatic rings. The van der Waals surface area contributed by atoms with E-state index in [1.54, 1.807) is 18.5 Å². The van der Waals surface area contributed by atoms with Gasteiger partial charge in [0.25, 0.3) is 5.56 Å². The van der Waals surface area contributed by atoms with Crippen LogP contribution in [0.5, 0.6) is 0 Å². The smallest absolute Gasteiger partial charge is 0.267 e. The Kier molecular flexibility index (Phi) is 6.44. The molecule has 146 valence electrons. The highest BCUT2D eigenvalue weighted by Gasteiger charge is 2.43. The molecule has 1 aromatic heterocycles. The first-order valence-corrected chi connectivity index (χ1v) is 10.4. The van der Waals surface area contributed by atoms with E-state index in [2.05, 4.69) is 26.6 Å². The van der Waals surface area contributed by atoms with Crippen LogP contribution in [-0.4, -0.2) is 40.8 Å². The molecule has 1 saturated heterocycles. The number of nitrogens with two attached hydrogens (primary N) is 1. The molecule has 1 spiro atoms. The predicted molar refractivity (Wildman–Crippen MR) is 114 cm³/mol. The van der Waals surface area contributed by atoms with Crippen LogP contribution in [0.15, 0.2) is 44.0 Å². The van der Waals surface area contributed by atoms with Crippen LogP contribution in [0.2, 0.25) is 5.02 Å². The average molecular weight is 408 g/mol. The molecule has 2 heterocycles. The van der Waals surface area contributed by atoms with Crippen molar-refractivity contribution in [1.29, 1.82) is 0 Å². The molecule has 3 N–H and O–H groups in total. The molecule has 27 heavy (non-hydrogen) atoms. The van der Waals surface area contributed by atoms with Crippen molar-refractivity contribution in [3.05, 3.63) is 39.7 Å². The van der Waals surface area contributed by atoms with E-state index in [0.717, 1.165) is 43.2 Å². The van der Waals surface area contributed by atoms with Crippen LogP contribution >= 0.6 is 23.4 Å². The minimum Gasteiger partial charge on any atom is -0.355 e. The third kappa shape index (κ3) is 4.47. The van der Waals surface area contributed by atoms with Gasteiger partial charge >= 0.3 is 0 Å². The highest BCUT2D eigenvalue weighted by atomic mass is 35.5. The Labute approximate surface area is 169 Å². The quantitative estimate of drug-likeness (QED) is 0.453. The van der Waals surface area contributed by atoms with Crippen LogP contribution in [-0.2, 0) is 0 Å². The van der Waals surface area contributed by atoms with E-state index >= 15 is 0 Å². The first-order valence-electron chi connectivity index (χ1n) is 9.22. The minimum absolute atomic E-state index is 0.178. The summed E-state index contributed by atoms with van der Waals surface area (Å²) in [6, 6.07) is 2.10. The molecule has 2 fully saturated rings. The Balaban J connectivity index is 1.66. The fourth-order valence-electron chi connectivity index (χ4n) is 4.04. The molecule has 6 nitrogen and oxygen atoms in total. The van der Waals surface area contributed by atoms with E-state index in [-0.39, 0.29) is 10.6 Å². The summed E-state index contributed by atoms with van der Waals surface area (Å²) in [7, 11) is 0. The van der Waals surface area contributed by atoms with Crippen molar-refractivity contribution in [2.24, 2.45) is 21.1 Å². The fourth-order valence-corrected chi connectivity index (χ4v) is 5.02. The molecule has 1 aliphatic heterocycles. The van der Waals surface area contributed by atoms with Gasteiger partial charge < -0.3 is 15.6 Å². The lowest BCUT2D eigenvalue weighted by atomic mass is 9.74. The highest BCUT2D eigenvalue weighted by Crippen LogP contribution is 2.45.